The van der Waals surface area contributed by atoms with Crippen LogP contribution in [0.3, 0.4) is 0 Å². The molecule has 1 N–H and O–H groups in total. The molecule has 124 valence electrons. The summed E-state index contributed by atoms with van der Waals surface area (Å²) in [6, 6.07) is 10.7. The standard InChI is InChI=1S/C17H23N3O2S/c1-13-12-20(23(2,21)22)9-7-16(13)19-11-14-5-6-17-15(10-14)4-3-8-18-17/h3-6,8,10,13,16,19H,7,9,11-12H2,1-2H3/t13-,16-/m1/s1. The molecule has 0 aliphatic carbocycles. The molecule has 5 nitrogen and oxygen atoms in total. The highest BCUT2D eigenvalue weighted by atomic mass is 32.2. The van der Waals surface area contributed by atoms with Gasteiger partial charge in [-0.25, -0.2) is 12.7 Å². The minimum Gasteiger partial charge on any atom is -0.310 e. The second kappa shape index (κ2) is 6.55. The number of benzene rings is 1. The first-order chi connectivity index (χ1) is 10.9. The van der Waals surface area contributed by atoms with E-state index in [0.717, 1.165) is 23.9 Å². The lowest BCUT2D eigenvalue weighted by Crippen LogP contribution is -2.49. The highest BCUT2D eigenvalue weighted by Crippen LogP contribution is 2.20. The molecule has 2 heterocycles. The van der Waals surface area contributed by atoms with Gasteiger partial charge in [-0.15, -0.1) is 0 Å². The largest absolute Gasteiger partial charge is 0.310 e. The van der Waals surface area contributed by atoms with E-state index in [1.165, 1.54) is 11.8 Å². The fourth-order valence-corrected chi connectivity index (χ4v) is 4.14. The van der Waals surface area contributed by atoms with Crippen LogP contribution in [0.25, 0.3) is 10.9 Å². The summed E-state index contributed by atoms with van der Waals surface area (Å²) >= 11 is 0. The summed E-state index contributed by atoms with van der Waals surface area (Å²) in [6.07, 6.45) is 3.94. The molecule has 1 aromatic heterocycles. The van der Waals surface area contributed by atoms with E-state index >= 15 is 0 Å². The number of hydrogen-bond acceptors (Lipinski definition) is 4. The second-order valence-electron chi connectivity index (χ2n) is 6.40. The molecule has 0 bridgehead atoms. The monoisotopic (exact) mass is 333 g/mol. The maximum absolute atomic E-state index is 11.6. The van der Waals surface area contributed by atoms with Crippen molar-refractivity contribution >= 4 is 20.9 Å². The Balaban J connectivity index is 1.61. The number of nitrogens with zero attached hydrogens (tertiary/aromatic N) is 2. The number of rotatable bonds is 4. The minimum absolute atomic E-state index is 0.306. The van der Waals surface area contributed by atoms with Crippen LogP contribution in [0.2, 0.25) is 0 Å². The molecule has 2 atom stereocenters. The van der Waals surface area contributed by atoms with E-state index in [-0.39, 0.29) is 0 Å². The second-order valence-corrected chi connectivity index (χ2v) is 8.39. The van der Waals surface area contributed by atoms with Gasteiger partial charge in [0.25, 0.3) is 0 Å². The SMILES string of the molecule is C[C@@H]1CN(S(C)(=O)=O)CC[C@H]1NCc1ccc2ncccc2c1. The number of pyridine rings is 1. The van der Waals surface area contributed by atoms with Crippen molar-refractivity contribution in [1.82, 2.24) is 14.6 Å². The molecule has 3 rings (SSSR count). The Hall–Kier alpha value is -1.50. The lowest BCUT2D eigenvalue weighted by atomic mass is 9.95. The van der Waals surface area contributed by atoms with Crippen molar-refractivity contribution in [3.63, 3.8) is 0 Å². The molecule has 1 aromatic carbocycles. The van der Waals surface area contributed by atoms with Crippen molar-refractivity contribution in [3.05, 3.63) is 42.1 Å². The van der Waals surface area contributed by atoms with Gasteiger partial charge in [0.1, 0.15) is 0 Å². The van der Waals surface area contributed by atoms with Crippen molar-refractivity contribution in [2.24, 2.45) is 5.92 Å². The third-order valence-electron chi connectivity index (χ3n) is 4.57. The average Bonchev–Trinajstić information content (AvgIpc) is 2.52. The highest BCUT2D eigenvalue weighted by Gasteiger charge is 2.29. The number of piperidine rings is 1. The van der Waals surface area contributed by atoms with Crippen molar-refractivity contribution < 1.29 is 8.42 Å². The number of aromatic nitrogens is 1. The summed E-state index contributed by atoms with van der Waals surface area (Å²) in [5.74, 6) is 0.306. The summed E-state index contributed by atoms with van der Waals surface area (Å²) in [5, 5.41) is 4.73. The van der Waals surface area contributed by atoms with Crippen LogP contribution in [0, 0.1) is 5.92 Å². The molecular formula is C17H23N3O2S. The van der Waals surface area contributed by atoms with Crippen LogP contribution in [0.1, 0.15) is 18.9 Å². The van der Waals surface area contributed by atoms with Crippen molar-refractivity contribution in [3.8, 4) is 0 Å². The van der Waals surface area contributed by atoms with Gasteiger partial charge in [-0.2, -0.15) is 0 Å². The molecule has 1 saturated heterocycles. The minimum atomic E-state index is -3.08. The van der Waals surface area contributed by atoms with E-state index < -0.39 is 10.0 Å². The zero-order valence-electron chi connectivity index (χ0n) is 13.6. The van der Waals surface area contributed by atoms with E-state index in [4.69, 9.17) is 0 Å². The third kappa shape index (κ3) is 3.88. The molecule has 23 heavy (non-hydrogen) atoms. The normalized spacial score (nSPS) is 23.2. The number of sulfonamides is 1. The molecular weight excluding hydrogens is 310 g/mol. The lowest BCUT2D eigenvalue weighted by molar-refractivity contribution is 0.220. The van der Waals surface area contributed by atoms with E-state index in [0.29, 0.717) is 25.0 Å². The van der Waals surface area contributed by atoms with Crippen LogP contribution in [-0.4, -0.2) is 43.1 Å². The molecule has 0 saturated carbocycles. The van der Waals surface area contributed by atoms with Gasteiger partial charge in [0.2, 0.25) is 10.0 Å². The van der Waals surface area contributed by atoms with Crippen LogP contribution < -0.4 is 5.32 Å². The molecule has 2 aromatic rings. The van der Waals surface area contributed by atoms with Gasteiger partial charge in [-0.1, -0.05) is 19.1 Å². The summed E-state index contributed by atoms with van der Waals surface area (Å²) in [4.78, 5) is 4.33. The predicted octanol–water partition coefficient (Wildman–Crippen LogP) is 1.99. The van der Waals surface area contributed by atoms with Gasteiger partial charge in [-0.3, -0.25) is 4.98 Å². The van der Waals surface area contributed by atoms with Gasteiger partial charge in [0.15, 0.2) is 0 Å². The number of fused-ring (bicyclic) bond motifs is 1. The Morgan fingerprint density at radius 3 is 2.91 bits per heavy atom. The van der Waals surface area contributed by atoms with E-state index in [9.17, 15) is 8.42 Å². The van der Waals surface area contributed by atoms with E-state index in [2.05, 4.69) is 35.4 Å². The first-order valence-electron chi connectivity index (χ1n) is 7.95. The zero-order chi connectivity index (χ0) is 16.4. The molecule has 0 spiro atoms. The smallest absolute Gasteiger partial charge is 0.211 e. The van der Waals surface area contributed by atoms with Crippen LogP contribution in [0.15, 0.2) is 36.5 Å². The van der Waals surface area contributed by atoms with E-state index in [1.807, 2.05) is 12.1 Å². The summed E-state index contributed by atoms with van der Waals surface area (Å²) < 4.78 is 24.9. The summed E-state index contributed by atoms with van der Waals surface area (Å²) in [5.41, 5.74) is 2.23. The highest BCUT2D eigenvalue weighted by molar-refractivity contribution is 7.88. The number of hydrogen-bond donors (Lipinski definition) is 1. The Kier molecular flexibility index (Phi) is 4.66. The van der Waals surface area contributed by atoms with Crippen LogP contribution >= 0.6 is 0 Å². The third-order valence-corrected chi connectivity index (χ3v) is 5.84. The molecule has 1 aliphatic rings. The maximum Gasteiger partial charge on any atom is 0.211 e. The van der Waals surface area contributed by atoms with Crippen LogP contribution in [0.5, 0.6) is 0 Å². The van der Waals surface area contributed by atoms with Crippen molar-refractivity contribution in [2.75, 3.05) is 19.3 Å². The lowest BCUT2D eigenvalue weighted by Gasteiger charge is -2.36. The zero-order valence-corrected chi connectivity index (χ0v) is 14.4. The molecule has 1 aliphatic heterocycles. The summed E-state index contributed by atoms with van der Waals surface area (Å²) in [7, 11) is -3.08. The van der Waals surface area contributed by atoms with Crippen LogP contribution in [0.4, 0.5) is 0 Å². The van der Waals surface area contributed by atoms with Crippen molar-refractivity contribution in [2.45, 2.75) is 25.9 Å². The predicted molar refractivity (Wildman–Crippen MR) is 92.6 cm³/mol. The quantitative estimate of drug-likeness (QED) is 0.929. The molecule has 0 amide bonds. The van der Waals surface area contributed by atoms with Gasteiger partial charge in [-0.05, 0) is 36.1 Å². The van der Waals surface area contributed by atoms with Crippen LogP contribution in [-0.2, 0) is 16.6 Å². The van der Waals surface area contributed by atoms with Gasteiger partial charge in [0.05, 0.1) is 11.8 Å². The molecule has 1 fully saturated rings. The Morgan fingerprint density at radius 1 is 1.35 bits per heavy atom. The van der Waals surface area contributed by atoms with Gasteiger partial charge < -0.3 is 5.32 Å². The van der Waals surface area contributed by atoms with Gasteiger partial charge in [0, 0.05) is 37.3 Å². The first-order valence-corrected chi connectivity index (χ1v) is 9.80. The molecule has 6 heteroatoms. The fourth-order valence-electron chi connectivity index (χ4n) is 3.20. The number of nitrogens with one attached hydrogen (secondary N) is 1. The maximum atomic E-state index is 11.6. The first kappa shape index (κ1) is 16.4. The molecule has 0 unspecified atom stereocenters. The fraction of sp³-hybridized carbons (Fsp3) is 0.471. The topological polar surface area (TPSA) is 62.3 Å². The molecule has 0 radical (unpaired) electrons. The van der Waals surface area contributed by atoms with Crippen molar-refractivity contribution in [1.29, 1.82) is 0 Å². The Bertz CT molecular complexity index is 791. The van der Waals surface area contributed by atoms with Gasteiger partial charge >= 0.3 is 0 Å². The average molecular weight is 333 g/mol. The Morgan fingerprint density at radius 2 is 2.17 bits per heavy atom. The van der Waals surface area contributed by atoms with E-state index in [1.54, 1.807) is 10.5 Å². The summed E-state index contributed by atoms with van der Waals surface area (Å²) in [6.45, 7) is 4.10. The Labute approximate surface area is 137 Å².